The summed E-state index contributed by atoms with van der Waals surface area (Å²) >= 11 is 0. The summed E-state index contributed by atoms with van der Waals surface area (Å²) in [5, 5.41) is 0. The Kier molecular flexibility index (Phi) is 13.4. The summed E-state index contributed by atoms with van der Waals surface area (Å²) in [6.45, 7) is 4.77. The first-order chi connectivity index (χ1) is 17.3. The molecule has 0 N–H and O–H groups in total. The fourth-order valence-corrected chi connectivity index (χ4v) is 4.09. The van der Waals surface area contributed by atoms with Crippen LogP contribution in [0.15, 0.2) is 48.5 Å². The smallest absolute Gasteiger partial charge is 0.392 e. The summed E-state index contributed by atoms with van der Waals surface area (Å²) in [6.07, 6.45) is 6.05. The van der Waals surface area contributed by atoms with Crippen LogP contribution in [-0.4, -0.2) is 18.8 Å². The van der Waals surface area contributed by atoms with Gasteiger partial charge in [0, 0.05) is 0 Å². The Bertz CT molecular complexity index is 861. The van der Waals surface area contributed by atoms with Crippen LogP contribution in [-0.2, 0) is 4.79 Å². The van der Waals surface area contributed by atoms with Gasteiger partial charge in [0.25, 0.3) is 0 Å². The van der Waals surface area contributed by atoms with Gasteiger partial charge in [-0.15, -0.1) is 0 Å². The van der Waals surface area contributed by atoms with Crippen LogP contribution in [0.2, 0.25) is 0 Å². The first kappa shape index (κ1) is 29.7. The number of benzene rings is 2. The van der Waals surface area contributed by atoms with Crippen LogP contribution in [0.25, 0.3) is 11.1 Å². The molecule has 36 heavy (non-hydrogen) atoms. The molecule has 0 bridgehead atoms. The normalized spacial score (nSPS) is 12.4. The molecule has 6 heteroatoms. The highest BCUT2D eigenvalue weighted by molar-refractivity contribution is 5.73. The topological polar surface area (TPSA) is 35.5 Å². The van der Waals surface area contributed by atoms with E-state index in [1.54, 1.807) is 24.3 Å². The van der Waals surface area contributed by atoms with Crippen molar-refractivity contribution in [1.82, 2.24) is 0 Å². The Hall–Kier alpha value is -2.50. The molecule has 0 radical (unpaired) electrons. The van der Waals surface area contributed by atoms with Crippen molar-refractivity contribution in [2.45, 2.75) is 97.1 Å². The highest BCUT2D eigenvalue weighted by Gasteiger charge is 2.40. The van der Waals surface area contributed by atoms with E-state index in [1.165, 1.54) is 44.9 Å². The second-order valence-electron chi connectivity index (χ2n) is 9.43. The molecule has 3 nitrogen and oxygen atoms in total. The molecule has 0 aliphatic rings. The molecule has 0 amide bonds. The van der Waals surface area contributed by atoms with Crippen LogP contribution in [0, 0.1) is 5.92 Å². The lowest BCUT2D eigenvalue weighted by Gasteiger charge is -2.19. The van der Waals surface area contributed by atoms with Gasteiger partial charge >= 0.3 is 12.1 Å². The molecule has 0 aliphatic carbocycles. The van der Waals surface area contributed by atoms with Gasteiger partial charge in [-0.05, 0) is 48.2 Å². The highest BCUT2D eigenvalue weighted by atomic mass is 19.4. The largest absolute Gasteiger partial charge is 0.494 e. The summed E-state index contributed by atoms with van der Waals surface area (Å²) in [6, 6.07) is 14.6. The molecular weight excluding hydrogens is 465 g/mol. The van der Waals surface area contributed by atoms with Crippen molar-refractivity contribution in [3.8, 4) is 22.6 Å². The SMILES string of the molecule is CCCCCCCCCCOc1ccc(-c2ccc(OC(=O)CC(CCCC)C(F)(F)F)cc2)cc1. The molecule has 2 aromatic carbocycles. The second kappa shape index (κ2) is 16.3. The monoisotopic (exact) mass is 506 g/mol. The van der Waals surface area contributed by atoms with Gasteiger partial charge in [0.1, 0.15) is 11.5 Å². The molecule has 2 rings (SSSR count). The third-order valence-corrected chi connectivity index (χ3v) is 6.32. The number of halogens is 3. The molecule has 0 heterocycles. The Morgan fingerprint density at radius 1 is 0.722 bits per heavy atom. The highest BCUT2D eigenvalue weighted by Crippen LogP contribution is 2.33. The molecule has 1 atom stereocenters. The first-order valence-corrected chi connectivity index (χ1v) is 13.4. The first-order valence-electron chi connectivity index (χ1n) is 13.4. The van der Waals surface area contributed by atoms with Crippen LogP contribution in [0.1, 0.15) is 90.9 Å². The van der Waals surface area contributed by atoms with E-state index in [-0.39, 0.29) is 12.2 Å². The maximum atomic E-state index is 13.2. The predicted octanol–water partition coefficient (Wildman–Crippen LogP) is 9.54. The van der Waals surface area contributed by atoms with E-state index in [0.717, 1.165) is 23.3 Å². The minimum atomic E-state index is -4.40. The van der Waals surface area contributed by atoms with Crippen LogP contribution < -0.4 is 9.47 Å². The Morgan fingerprint density at radius 3 is 1.75 bits per heavy atom. The van der Waals surface area contributed by atoms with Gasteiger partial charge in [0.15, 0.2) is 0 Å². The Morgan fingerprint density at radius 2 is 1.22 bits per heavy atom. The standard InChI is InChI=1S/C30H41F3O3/c1-3-5-7-8-9-10-11-12-22-35-27-18-14-24(15-19-27)25-16-20-28(21-17-25)36-29(34)23-26(13-6-4-2)30(31,32)33/h14-21,26H,3-13,22-23H2,1-2H3. The zero-order valence-corrected chi connectivity index (χ0v) is 21.7. The van der Waals surface area contributed by atoms with Gasteiger partial charge in [0.05, 0.1) is 18.9 Å². The Labute approximate surface area is 214 Å². The molecule has 0 fully saturated rings. The average Bonchev–Trinajstić information content (AvgIpc) is 2.86. The van der Waals surface area contributed by atoms with Crippen LogP contribution in [0.3, 0.4) is 0 Å². The molecular formula is C30H41F3O3. The third kappa shape index (κ3) is 11.5. The van der Waals surface area contributed by atoms with Crippen molar-refractivity contribution in [3.63, 3.8) is 0 Å². The number of hydrogen-bond donors (Lipinski definition) is 0. The zero-order valence-electron chi connectivity index (χ0n) is 21.7. The molecule has 1 unspecified atom stereocenters. The van der Waals surface area contributed by atoms with E-state index in [2.05, 4.69) is 6.92 Å². The maximum Gasteiger partial charge on any atom is 0.392 e. The number of esters is 1. The lowest BCUT2D eigenvalue weighted by molar-refractivity contribution is -0.183. The number of carbonyl (C=O) groups excluding carboxylic acids is 1. The molecule has 0 aromatic heterocycles. The quantitative estimate of drug-likeness (QED) is 0.122. The van der Waals surface area contributed by atoms with Crippen LogP contribution >= 0.6 is 0 Å². The second-order valence-corrected chi connectivity index (χ2v) is 9.43. The summed E-state index contributed by atoms with van der Waals surface area (Å²) in [4.78, 5) is 12.1. The van der Waals surface area contributed by atoms with E-state index in [4.69, 9.17) is 9.47 Å². The Balaban J connectivity index is 1.76. The van der Waals surface area contributed by atoms with Crippen molar-refractivity contribution in [2.24, 2.45) is 5.92 Å². The maximum absolute atomic E-state index is 13.2. The fraction of sp³-hybridized carbons (Fsp3) is 0.567. The van der Waals surface area contributed by atoms with E-state index in [1.807, 2.05) is 31.2 Å². The van der Waals surface area contributed by atoms with E-state index >= 15 is 0 Å². The molecule has 0 saturated heterocycles. The number of rotatable bonds is 17. The van der Waals surface area contributed by atoms with Gasteiger partial charge in [-0.3, -0.25) is 4.79 Å². The van der Waals surface area contributed by atoms with Crippen molar-refractivity contribution >= 4 is 5.97 Å². The predicted molar refractivity (Wildman–Crippen MR) is 139 cm³/mol. The van der Waals surface area contributed by atoms with Gasteiger partial charge in [-0.25, -0.2) is 0 Å². The van der Waals surface area contributed by atoms with Gasteiger partial charge in [0.2, 0.25) is 0 Å². The van der Waals surface area contributed by atoms with Crippen molar-refractivity contribution in [3.05, 3.63) is 48.5 Å². The number of alkyl halides is 3. The lowest BCUT2D eigenvalue weighted by atomic mass is 9.98. The van der Waals surface area contributed by atoms with Gasteiger partial charge in [-0.2, -0.15) is 13.2 Å². The lowest BCUT2D eigenvalue weighted by Crippen LogP contribution is -2.27. The number of hydrogen-bond acceptors (Lipinski definition) is 3. The van der Waals surface area contributed by atoms with Crippen molar-refractivity contribution < 1.29 is 27.4 Å². The number of ether oxygens (including phenoxy) is 2. The minimum Gasteiger partial charge on any atom is -0.494 e. The molecule has 0 saturated carbocycles. The van der Waals surface area contributed by atoms with Crippen molar-refractivity contribution in [2.75, 3.05) is 6.61 Å². The minimum absolute atomic E-state index is 0.0626. The van der Waals surface area contributed by atoms with Gasteiger partial charge in [-0.1, -0.05) is 95.9 Å². The molecule has 200 valence electrons. The number of carbonyl (C=O) groups is 1. The molecule has 0 spiro atoms. The van der Waals surface area contributed by atoms with E-state index < -0.39 is 24.5 Å². The van der Waals surface area contributed by atoms with Crippen molar-refractivity contribution in [1.29, 1.82) is 0 Å². The van der Waals surface area contributed by atoms with Gasteiger partial charge < -0.3 is 9.47 Å². The molecule has 2 aromatic rings. The van der Waals surface area contributed by atoms with E-state index in [9.17, 15) is 18.0 Å². The summed E-state index contributed by atoms with van der Waals surface area (Å²) in [5.41, 5.74) is 1.89. The average molecular weight is 507 g/mol. The van der Waals surface area contributed by atoms with Crippen LogP contribution in [0.4, 0.5) is 13.2 Å². The number of unbranched alkanes of at least 4 members (excludes halogenated alkanes) is 8. The van der Waals surface area contributed by atoms with E-state index in [0.29, 0.717) is 19.4 Å². The third-order valence-electron chi connectivity index (χ3n) is 6.32. The summed E-state index contributed by atoms with van der Waals surface area (Å²) in [5.74, 6) is -1.46. The molecule has 0 aliphatic heterocycles. The summed E-state index contributed by atoms with van der Waals surface area (Å²) in [7, 11) is 0. The fourth-order valence-electron chi connectivity index (χ4n) is 4.09. The zero-order chi connectivity index (χ0) is 26.2. The van der Waals surface area contributed by atoms with Crippen LogP contribution in [0.5, 0.6) is 11.5 Å². The summed E-state index contributed by atoms with van der Waals surface area (Å²) < 4.78 is 50.5.